The summed E-state index contributed by atoms with van der Waals surface area (Å²) in [5.74, 6) is 0.759. The maximum Gasteiger partial charge on any atom is 0.347 e. The van der Waals surface area contributed by atoms with Gasteiger partial charge < -0.3 is 24.0 Å². The van der Waals surface area contributed by atoms with Crippen molar-refractivity contribution >= 4 is 22.6 Å². The van der Waals surface area contributed by atoms with E-state index in [0.29, 0.717) is 0 Å². The SMILES string of the molecule is Ic1cncnc1-c1nccc[nH+]1.[I-]. The monoisotopic (exact) mass is 412 g/mol. The van der Waals surface area contributed by atoms with Crippen LogP contribution in [0, 0.1) is 3.57 Å². The number of nitrogens with zero attached hydrogens (tertiary/aromatic N) is 3. The normalized spacial score (nSPS) is 9.21. The van der Waals surface area contributed by atoms with Crippen LogP contribution in [-0.4, -0.2) is 15.0 Å². The molecule has 0 bridgehead atoms. The highest BCUT2D eigenvalue weighted by Gasteiger charge is 2.12. The van der Waals surface area contributed by atoms with E-state index in [4.69, 9.17) is 0 Å². The lowest BCUT2D eigenvalue weighted by molar-refractivity contribution is -0.369. The van der Waals surface area contributed by atoms with E-state index in [1.54, 1.807) is 12.4 Å². The number of H-pyrrole nitrogens is 1. The van der Waals surface area contributed by atoms with Crippen molar-refractivity contribution in [1.82, 2.24) is 15.0 Å². The number of rotatable bonds is 1. The lowest BCUT2D eigenvalue weighted by atomic mass is 10.4. The minimum Gasteiger partial charge on any atom is -1.00 e. The van der Waals surface area contributed by atoms with E-state index in [-0.39, 0.29) is 24.0 Å². The third kappa shape index (κ3) is 2.56. The van der Waals surface area contributed by atoms with Gasteiger partial charge in [-0.2, -0.15) is 0 Å². The second-order valence-electron chi connectivity index (χ2n) is 2.35. The van der Waals surface area contributed by atoms with Crippen LogP contribution in [0.3, 0.4) is 0 Å². The maximum absolute atomic E-state index is 4.16. The zero-order chi connectivity index (χ0) is 9.10. The van der Waals surface area contributed by atoms with Gasteiger partial charge in [0.05, 0.1) is 9.77 Å². The molecule has 0 saturated heterocycles. The summed E-state index contributed by atoms with van der Waals surface area (Å²) >= 11 is 2.18. The molecular weight excluding hydrogens is 406 g/mol. The first-order chi connectivity index (χ1) is 6.38. The van der Waals surface area contributed by atoms with Crippen LogP contribution in [0.15, 0.2) is 31.0 Å². The molecule has 0 radical (unpaired) electrons. The van der Waals surface area contributed by atoms with Crippen LogP contribution in [-0.2, 0) is 0 Å². The van der Waals surface area contributed by atoms with Crippen molar-refractivity contribution in [2.24, 2.45) is 0 Å². The largest absolute Gasteiger partial charge is 1.00 e. The van der Waals surface area contributed by atoms with Gasteiger partial charge in [0.15, 0.2) is 5.69 Å². The Morgan fingerprint density at radius 1 is 1.29 bits per heavy atom. The predicted molar refractivity (Wildman–Crippen MR) is 54.5 cm³/mol. The van der Waals surface area contributed by atoms with Crippen LogP contribution < -0.4 is 29.0 Å². The molecule has 0 fully saturated rings. The number of aromatic amines is 1. The summed E-state index contributed by atoms with van der Waals surface area (Å²) in [6, 6.07) is 1.83. The first-order valence-corrected chi connectivity index (χ1v) is 4.74. The third-order valence-corrected chi connectivity index (χ3v) is 2.29. The second-order valence-corrected chi connectivity index (χ2v) is 3.51. The van der Waals surface area contributed by atoms with E-state index in [1.165, 1.54) is 6.33 Å². The van der Waals surface area contributed by atoms with Gasteiger partial charge in [0, 0.05) is 12.3 Å². The molecule has 4 nitrogen and oxygen atoms in total. The van der Waals surface area contributed by atoms with Gasteiger partial charge in [-0.1, -0.05) is 0 Å². The molecule has 1 N–H and O–H groups in total. The van der Waals surface area contributed by atoms with Crippen molar-refractivity contribution in [2.75, 3.05) is 0 Å². The molecule has 2 aromatic heterocycles. The van der Waals surface area contributed by atoms with E-state index in [0.717, 1.165) is 15.1 Å². The van der Waals surface area contributed by atoms with Crippen LogP contribution in [0.2, 0.25) is 0 Å². The summed E-state index contributed by atoms with van der Waals surface area (Å²) in [6.45, 7) is 0. The molecule has 2 aromatic rings. The minimum atomic E-state index is 0. The fourth-order valence-electron chi connectivity index (χ4n) is 0.941. The molecule has 72 valence electrons. The first kappa shape index (κ1) is 11.7. The van der Waals surface area contributed by atoms with Crippen LogP contribution in [0.4, 0.5) is 0 Å². The smallest absolute Gasteiger partial charge is 0.347 e. The number of aromatic nitrogens is 4. The summed E-state index contributed by atoms with van der Waals surface area (Å²) in [6.07, 6.45) is 6.82. The summed E-state index contributed by atoms with van der Waals surface area (Å²) in [5.41, 5.74) is 0.830. The lowest BCUT2D eigenvalue weighted by Crippen LogP contribution is -3.00. The Bertz CT molecular complexity index is 407. The Balaban J connectivity index is 0.000000980. The molecule has 0 atom stereocenters. The van der Waals surface area contributed by atoms with E-state index in [9.17, 15) is 0 Å². The quantitative estimate of drug-likeness (QED) is 0.508. The molecule has 2 rings (SSSR count). The minimum absolute atomic E-state index is 0. The van der Waals surface area contributed by atoms with Crippen LogP contribution >= 0.6 is 22.6 Å². The predicted octanol–water partition coefficient (Wildman–Crippen LogP) is -2.04. The zero-order valence-electron chi connectivity index (χ0n) is 6.98. The maximum atomic E-state index is 4.16. The fraction of sp³-hybridized carbons (Fsp3) is 0. The highest BCUT2D eigenvalue weighted by molar-refractivity contribution is 14.1. The van der Waals surface area contributed by atoms with Gasteiger partial charge in [-0.3, -0.25) is 0 Å². The Kier molecular flexibility index (Phi) is 4.58. The van der Waals surface area contributed by atoms with Gasteiger partial charge >= 0.3 is 5.82 Å². The Morgan fingerprint density at radius 2 is 2.14 bits per heavy atom. The molecule has 0 aliphatic rings. The molecule has 0 aliphatic carbocycles. The summed E-state index contributed by atoms with van der Waals surface area (Å²) in [5, 5.41) is 0. The average Bonchev–Trinajstić information content (AvgIpc) is 2.20. The van der Waals surface area contributed by atoms with Crippen LogP contribution in [0.5, 0.6) is 0 Å². The lowest BCUT2D eigenvalue weighted by Gasteiger charge is -1.93. The molecule has 0 aromatic carbocycles. The van der Waals surface area contributed by atoms with Crippen molar-refractivity contribution in [1.29, 1.82) is 0 Å². The van der Waals surface area contributed by atoms with E-state index < -0.39 is 0 Å². The molecule has 0 unspecified atom stereocenters. The standard InChI is InChI=1S/C8H5IN4.HI/c9-6-4-10-5-13-7(6)8-11-2-1-3-12-8;/h1-5H;1H. The highest BCUT2D eigenvalue weighted by atomic mass is 127. The topological polar surface area (TPSA) is 52.8 Å². The van der Waals surface area contributed by atoms with Gasteiger partial charge in [-0.15, -0.1) is 0 Å². The van der Waals surface area contributed by atoms with E-state index in [2.05, 4.69) is 42.5 Å². The molecule has 0 aliphatic heterocycles. The molecule has 6 heteroatoms. The van der Waals surface area contributed by atoms with Crippen molar-refractivity contribution in [3.63, 3.8) is 0 Å². The number of hydrogen-bond donors (Lipinski definition) is 0. The first-order valence-electron chi connectivity index (χ1n) is 3.66. The molecule has 0 spiro atoms. The van der Waals surface area contributed by atoms with Gasteiger partial charge in [0.25, 0.3) is 0 Å². The Labute approximate surface area is 112 Å². The molecule has 0 saturated carbocycles. The Morgan fingerprint density at radius 3 is 2.79 bits per heavy atom. The van der Waals surface area contributed by atoms with Gasteiger partial charge in [0.2, 0.25) is 0 Å². The second kappa shape index (κ2) is 5.49. The van der Waals surface area contributed by atoms with Crippen LogP contribution in [0.25, 0.3) is 11.5 Å². The van der Waals surface area contributed by atoms with Gasteiger partial charge in [-0.25, -0.2) is 15.0 Å². The molecular formula is C8H6I2N4. The van der Waals surface area contributed by atoms with E-state index >= 15 is 0 Å². The highest BCUT2D eigenvalue weighted by Crippen LogP contribution is 2.14. The Hall–Kier alpha value is -0.380. The fourth-order valence-corrected chi connectivity index (χ4v) is 1.50. The number of halogens is 2. The van der Waals surface area contributed by atoms with Gasteiger partial charge in [-0.05, 0) is 27.6 Å². The van der Waals surface area contributed by atoms with E-state index in [1.807, 2.05) is 12.3 Å². The third-order valence-electron chi connectivity index (χ3n) is 1.50. The summed E-state index contributed by atoms with van der Waals surface area (Å²) in [4.78, 5) is 15.2. The number of hydrogen-bond acceptors (Lipinski definition) is 3. The van der Waals surface area contributed by atoms with Crippen molar-refractivity contribution in [2.45, 2.75) is 0 Å². The molecule has 14 heavy (non-hydrogen) atoms. The number of nitrogens with one attached hydrogen (secondary N) is 1. The van der Waals surface area contributed by atoms with Crippen LogP contribution in [0.1, 0.15) is 0 Å². The van der Waals surface area contributed by atoms with Crippen molar-refractivity contribution in [3.05, 3.63) is 34.6 Å². The summed E-state index contributed by atoms with van der Waals surface area (Å²) in [7, 11) is 0. The molecule has 0 amide bonds. The van der Waals surface area contributed by atoms with Crippen molar-refractivity contribution < 1.29 is 29.0 Å². The molecule has 2 heterocycles. The van der Waals surface area contributed by atoms with Crippen molar-refractivity contribution in [3.8, 4) is 11.5 Å². The van der Waals surface area contributed by atoms with Gasteiger partial charge in [0.1, 0.15) is 12.5 Å². The zero-order valence-corrected chi connectivity index (χ0v) is 11.3. The summed E-state index contributed by atoms with van der Waals surface area (Å²) < 4.78 is 0.982. The average molecular weight is 412 g/mol.